The van der Waals surface area contributed by atoms with E-state index in [0.29, 0.717) is 0 Å². The minimum absolute atomic E-state index is 0.125. The van der Waals surface area contributed by atoms with Gasteiger partial charge in [0.15, 0.2) is 18.3 Å². The summed E-state index contributed by atoms with van der Waals surface area (Å²) in [7, 11) is 0. The van der Waals surface area contributed by atoms with Crippen molar-refractivity contribution in [2.45, 2.75) is 106 Å². The van der Waals surface area contributed by atoms with Gasteiger partial charge in [-0.25, -0.2) is 0 Å². The second-order valence-electron chi connectivity index (χ2n) is 12.9. The van der Waals surface area contributed by atoms with Crippen molar-refractivity contribution < 1.29 is 89.0 Å². The van der Waals surface area contributed by atoms with E-state index in [-0.39, 0.29) is 22.7 Å². The number of phenols is 3. The number of benzene rings is 2. The van der Waals surface area contributed by atoms with Gasteiger partial charge in [-0.15, -0.1) is 0 Å². The van der Waals surface area contributed by atoms with Gasteiger partial charge >= 0.3 is 0 Å². The van der Waals surface area contributed by atoms with Crippen LogP contribution in [0.1, 0.15) is 13.8 Å². The number of aromatic hydroxyl groups is 3. The molecule has 0 saturated carbocycles. The van der Waals surface area contributed by atoms with E-state index in [9.17, 15) is 61.0 Å². The van der Waals surface area contributed by atoms with E-state index >= 15 is 0 Å². The molecule has 1 aromatic heterocycles. The van der Waals surface area contributed by atoms with E-state index in [1.165, 1.54) is 38.1 Å². The van der Waals surface area contributed by atoms with Crippen molar-refractivity contribution in [3.05, 3.63) is 46.6 Å². The number of phenolic OH excluding ortho intramolecular Hbond substituents is 3. The Kier molecular flexibility index (Phi) is 11.0. The first-order valence-corrected chi connectivity index (χ1v) is 16.2. The largest absolute Gasteiger partial charge is 0.508 e. The zero-order chi connectivity index (χ0) is 37.8. The maximum atomic E-state index is 13.7. The van der Waals surface area contributed by atoms with Crippen LogP contribution in [0.5, 0.6) is 23.0 Å². The fraction of sp³-hybridized carbons (Fsp3) is 0.545. The van der Waals surface area contributed by atoms with Crippen molar-refractivity contribution in [1.82, 2.24) is 0 Å². The van der Waals surface area contributed by atoms with Crippen LogP contribution in [0.2, 0.25) is 0 Å². The third-order valence-corrected chi connectivity index (χ3v) is 9.25. The summed E-state index contributed by atoms with van der Waals surface area (Å²) in [5.41, 5.74) is -1.05. The number of hydrogen-bond acceptors (Lipinski definition) is 19. The highest BCUT2D eigenvalue weighted by Gasteiger charge is 2.51. The van der Waals surface area contributed by atoms with E-state index in [0.717, 1.165) is 12.1 Å². The summed E-state index contributed by atoms with van der Waals surface area (Å²) in [5, 5.41) is 114. The first kappa shape index (κ1) is 38.1. The number of fused-ring (bicyclic) bond motifs is 1. The highest BCUT2D eigenvalue weighted by Crippen LogP contribution is 2.38. The normalized spacial score (nSPS) is 38.3. The smallest absolute Gasteiger partial charge is 0.239 e. The van der Waals surface area contributed by atoms with Crippen molar-refractivity contribution in [1.29, 1.82) is 0 Å². The topological polar surface area (TPSA) is 308 Å². The van der Waals surface area contributed by atoms with Crippen LogP contribution in [-0.2, 0) is 23.7 Å². The average Bonchev–Trinajstić information content (AvgIpc) is 3.10. The number of rotatable bonds is 8. The van der Waals surface area contributed by atoms with Gasteiger partial charge in [-0.3, -0.25) is 4.79 Å². The molecule has 0 amide bonds. The highest BCUT2D eigenvalue weighted by molar-refractivity contribution is 5.88. The van der Waals surface area contributed by atoms with Gasteiger partial charge < -0.3 is 89.0 Å². The monoisotopic (exact) mass is 740 g/mol. The predicted octanol–water partition coefficient (Wildman–Crippen LogP) is -2.54. The van der Waals surface area contributed by atoms with Crippen LogP contribution in [0, 0.1) is 0 Å². The molecular weight excluding hydrogens is 700 g/mol. The third kappa shape index (κ3) is 7.16. The summed E-state index contributed by atoms with van der Waals surface area (Å²) in [6.07, 6.45) is -23.8. The molecule has 19 nitrogen and oxygen atoms in total. The van der Waals surface area contributed by atoms with Gasteiger partial charge in [0.1, 0.15) is 89.3 Å². The van der Waals surface area contributed by atoms with E-state index in [2.05, 4.69) is 0 Å². The van der Waals surface area contributed by atoms with E-state index in [1.807, 2.05) is 0 Å². The first-order valence-electron chi connectivity index (χ1n) is 16.2. The van der Waals surface area contributed by atoms with Crippen LogP contribution >= 0.6 is 0 Å². The summed E-state index contributed by atoms with van der Waals surface area (Å²) >= 11 is 0. The van der Waals surface area contributed by atoms with Gasteiger partial charge in [0.25, 0.3) is 0 Å². The summed E-state index contributed by atoms with van der Waals surface area (Å²) in [4.78, 5) is 13.7. The lowest BCUT2D eigenvalue weighted by Crippen LogP contribution is -2.63. The number of aliphatic hydroxyl groups excluding tert-OH is 8. The standard InChI is InChI=1S/C33H40O19/c1-10-19(37)22(40)25(43)32(47-10)51-28-11(2)48-31(27(45)24(28)42)46-9-17-20(38)23(41)26(44)33(50-17)52-30-21(39)18-15(36)7-14(35)8-16(18)49-29(30)12-3-5-13(34)6-4-12/h3-8,10-11,17,19-20,22-28,31-38,40-45H,9H2,1-2H3/t10-,11-,17+,19-,20+,22+,23-,24-,25+,26+,27+,28-,31+,32-,33-/m0/s1. The quantitative estimate of drug-likeness (QED) is 0.113. The van der Waals surface area contributed by atoms with Gasteiger partial charge in [-0.05, 0) is 38.1 Å². The fourth-order valence-corrected chi connectivity index (χ4v) is 6.25. The van der Waals surface area contributed by atoms with E-state index in [1.54, 1.807) is 0 Å². The van der Waals surface area contributed by atoms with Crippen molar-refractivity contribution in [2.75, 3.05) is 6.61 Å². The van der Waals surface area contributed by atoms with Crippen LogP contribution in [0.25, 0.3) is 22.3 Å². The summed E-state index contributed by atoms with van der Waals surface area (Å²) in [5.74, 6) is -2.12. The molecule has 0 unspecified atom stereocenters. The van der Waals surface area contributed by atoms with Crippen molar-refractivity contribution >= 4 is 11.0 Å². The molecule has 2 aromatic carbocycles. The molecule has 6 rings (SSSR count). The maximum Gasteiger partial charge on any atom is 0.239 e. The molecule has 11 N–H and O–H groups in total. The number of hydrogen-bond donors (Lipinski definition) is 11. The zero-order valence-electron chi connectivity index (χ0n) is 27.5. The lowest BCUT2D eigenvalue weighted by molar-refractivity contribution is -0.357. The SMILES string of the molecule is C[C@@H]1O[C@@H](O[C@@H]2[C@@H](O)[C@@H](O)[C@H](OC[C@H]3O[C@@H](Oc4c(-c5ccc(O)cc5)oc5cc(O)cc(O)c5c4=O)[C@H](O)[C@@H](O)[C@@H]3O)O[C@H]2C)[C@H](O)[C@H](O)[C@H]1O. The fourth-order valence-electron chi connectivity index (χ4n) is 6.25. The van der Waals surface area contributed by atoms with Crippen LogP contribution in [-0.4, -0.2) is 155 Å². The molecule has 0 spiro atoms. The average molecular weight is 741 g/mol. The van der Waals surface area contributed by atoms with Crippen LogP contribution in [0.15, 0.2) is 45.6 Å². The number of aliphatic hydroxyl groups is 8. The molecular formula is C33H40O19. The molecule has 4 heterocycles. The molecule has 19 heteroatoms. The Morgan fingerprint density at radius 2 is 1.27 bits per heavy atom. The van der Waals surface area contributed by atoms with Crippen molar-refractivity contribution in [2.24, 2.45) is 0 Å². The third-order valence-electron chi connectivity index (χ3n) is 9.25. The summed E-state index contributed by atoms with van der Waals surface area (Å²) in [6.45, 7) is 2.22. The molecule has 286 valence electrons. The molecule has 3 fully saturated rings. The molecule has 52 heavy (non-hydrogen) atoms. The Bertz CT molecular complexity index is 1770. The van der Waals surface area contributed by atoms with Crippen molar-refractivity contribution in [3.8, 4) is 34.3 Å². The molecule has 3 aliphatic heterocycles. The molecule has 0 bridgehead atoms. The predicted molar refractivity (Wildman–Crippen MR) is 170 cm³/mol. The van der Waals surface area contributed by atoms with Gasteiger partial charge in [-0.2, -0.15) is 0 Å². The van der Waals surface area contributed by atoms with Crippen LogP contribution in [0.4, 0.5) is 0 Å². The van der Waals surface area contributed by atoms with Gasteiger partial charge in [0, 0.05) is 17.7 Å². The Morgan fingerprint density at radius 1 is 0.654 bits per heavy atom. The molecule has 3 aromatic rings. The Hall–Kier alpha value is -3.67. The van der Waals surface area contributed by atoms with E-state index in [4.69, 9.17) is 32.8 Å². The zero-order valence-corrected chi connectivity index (χ0v) is 27.5. The Balaban J connectivity index is 1.19. The Labute approximate surface area is 293 Å². The maximum absolute atomic E-state index is 13.7. The lowest BCUT2D eigenvalue weighted by Gasteiger charge is -2.46. The minimum atomic E-state index is -1.97. The minimum Gasteiger partial charge on any atom is -0.508 e. The van der Waals surface area contributed by atoms with Gasteiger partial charge in [-0.1, -0.05) is 0 Å². The first-order chi connectivity index (χ1) is 24.6. The second kappa shape index (κ2) is 15.0. The highest BCUT2D eigenvalue weighted by atomic mass is 16.7. The molecule has 3 saturated heterocycles. The van der Waals surface area contributed by atoms with Crippen LogP contribution in [0.3, 0.4) is 0 Å². The summed E-state index contributed by atoms with van der Waals surface area (Å²) < 4.78 is 39.6. The molecule has 0 radical (unpaired) electrons. The van der Waals surface area contributed by atoms with Gasteiger partial charge in [0.05, 0.1) is 18.8 Å². The van der Waals surface area contributed by atoms with Crippen molar-refractivity contribution in [3.63, 3.8) is 0 Å². The van der Waals surface area contributed by atoms with Gasteiger partial charge in [0.2, 0.25) is 17.5 Å². The van der Waals surface area contributed by atoms with E-state index < -0.39 is 127 Å². The Morgan fingerprint density at radius 3 is 1.96 bits per heavy atom. The number of ether oxygens (including phenoxy) is 6. The second-order valence-corrected chi connectivity index (χ2v) is 12.9. The molecule has 15 atom stereocenters. The van der Waals surface area contributed by atoms with Crippen LogP contribution < -0.4 is 10.2 Å². The lowest BCUT2D eigenvalue weighted by atomic mass is 9.97. The molecule has 0 aliphatic carbocycles. The summed E-state index contributed by atoms with van der Waals surface area (Å²) in [6, 6.07) is 7.24. The molecule has 3 aliphatic rings.